The fourth-order valence-electron chi connectivity index (χ4n) is 5.37. The number of benzene rings is 2. The van der Waals surface area contributed by atoms with Gasteiger partial charge in [0.15, 0.2) is 0 Å². The number of carbonyl (C=O) groups excluding carboxylic acids is 1. The number of pyridine rings is 1. The third-order valence-electron chi connectivity index (χ3n) is 7.51. The lowest BCUT2D eigenvalue weighted by atomic mass is 9.99. The summed E-state index contributed by atoms with van der Waals surface area (Å²) < 4.78 is 23.3. The average molecular weight is 553 g/mol. The van der Waals surface area contributed by atoms with Gasteiger partial charge >= 0.3 is 0 Å². The van der Waals surface area contributed by atoms with E-state index < -0.39 is 17.2 Å². The third kappa shape index (κ3) is 5.33. The Morgan fingerprint density at radius 3 is 2.59 bits per heavy atom. The van der Waals surface area contributed by atoms with Crippen molar-refractivity contribution < 1.29 is 13.9 Å². The number of hydrogen-bond donors (Lipinski definition) is 2. The van der Waals surface area contributed by atoms with Crippen molar-refractivity contribution in [3.63, 3.8) is 0 Å². The molecule has 4 heterocycles. The van der Waals surface area contributed by atoms with Crippen molar-refractivity contribution in [3.8, 4) is 22.3 Å². The number of ether oxygens (including phenoxy) is 1. The van der Waals surface area contributed by atoms with E-state index in [1.807, 2.05) is 34.5 Å². The molecule has 0 spiro atoms. The maximum atomic E-state index is 14.1. The fraction of sp³-hybridized carbons (Fsp3) is 0.226. The first kappa shape index (κ1) is 26.4. The van der Waals surface area contributed by atoms with Gasteiger partial charge in [-0.3, -0.25) is 9.59 Å². The summed E-state index contributed by atoms with van der Waals surface area (Å²) in [5, 5.41) is 3.61. The Hall–Kier alpha value is -4.83. The van der Waals surface area contributed by atoms with Crippen molar-refractivity contribution in [2.45, 2.75) is 19.4 Å². The number of hydrogen-bond acceptors (Lipinski definition) is 6. The Bertz CT molecular complexity index is 1810. The first-order valence-corrected chi connectivity index (χ1v) is 13.4. The molecule has 3 N–H and O–H groups in total. The molecular formula is C31H29FN6O3. The number of carbonyl (C=O) groups is 1. The Balaban J connectivity index is 1.31. The van der Waals surface area contributed by atoms with Crippen LogP contribution in [0.4, 0.5) is 15.9 Å². The maximum absolute atomic E-state index is 14.1. The minimum Gasteiger partial charge on any atom is -0.383 e. The van der Waals surface area contributed by atoms with Crippen LogP contribution in [0.25, 0.3) is 33.3 Å². The third-order valence-corrected chi connectivity index (χ3v) is 7.51. The lowest BCUT2D eigenvalue weighted by molar-refractivity contribution is 0.0612. The summed E-state index contributed by atoms with van der Waals surface area (Å²) in [5.74, 6) is -0.251. The molecule has 10 heteroatoms. The van der Waals surface area contributed by atoms with E-state index >= 15 is 0 Å². The SMILES string of the molecule is Cn1cc(-c2ccc(NC(=O)c3cn(CC4CCOCC4)cc(-c4cccc(F)c4)c3=O)cc2)c2c(N)ncnc21. The van der Waals surface area contributed by atoms with Gasteiger partial charge in [-0.15, -0.1) is 0 Å². The molecule has 1 amide bonds. The van der Waals surface area contributed by atoms with Crippen molar-refractivity contribution in [3.05, 3.63) is 95.1 Å². The van der Waals surface area contributed by atoms with Crippen molar-refractivity contribution in [1.29, 1.82) is 0 Å². The van der Waals surface area contributed by atoms with Crippen LogP contribution in [0.15, 0.2) is 78.2 Å². The summed E-state index contributed by atoms with van der Waals surface area (Å²) >= 11 is 0. The van der Waals surface area contributed by atoms with Crippen LogP contribution in [0.3, 0.4) is 0 Å². The summed E-state index contributed by atoms with van der Waals surface area (Å²) in [7, 11) is 1.89. The largest absolute Gasteiger partial charge is 0.383 e. The highest BCUT2D eigenvalue weighted by Crippen LogP contribution is 2.32. The predicted octanol–water partition coefficient (Wildman–Crippen LogP) is 4.86. The summed E-state index contributed by atoms with van der Waals surface area (Å²) in [4.78, 5) is 35.4. The molecule has 9 nitrogen and oxygen atoms in total. The molecule has 3 aromatic heterocycles. The Morgan fingerprint density at radius 1 is 1.05 bits per heavy atom. The molecule has 0 radical (unpaired) electrons. The number of halogens is 1. The Labute approximate surface area is 235 Å². The van der Waals surface area contributed by atoms with Crippen molar-refractivity contribution in [2.75, 3.05) is 24.3 Å². The predicted molar refractivity (Wildman–Crippen MR) is 156 cm³/mol. The number of nitrogens with two attached hydrogens (primary N) is 1. The Morgan fingerprint density at radius 2 is 1.83 bits per heavy atom. The highest BCUT2D eigenvalue weighted by atomic mass is 19.1. The standard InChI is InChI=1S/C31H29FN6O3/c1-37-15-24(27-29(33)34-18-35-30(27)37)20-5-7-23(8-6-20)36-31(40)26-17-38(14-19-9-11-41-12-10-19)16-25(28(26)39)21-3-2-4-22(32)13-21/h2-8,13,15-19H,9-12,14H2,1H3,(H,36,40)(H2,33,34,35). The summed E-state index contributed by atoms with van der Waals surface area (Å²) in [6, 6.07) is 13.1. The van der Waals surface area contributed by atoms with Crippen LogP contribution in [0.5, 0.6) is 0 Å². The molecule has 0 unspecified atom stereocenters. The molecule has 1 saturated heterocycles. The lowest BCUT2D eigenvalue weighted by Crippen LogP contribution is -2.26. The second kappa shape index (κ2) is 11.0. The number of amides is 1. The molecule has 0 saturated carbocycles. The number of aromatic nitrogens is 4. The minimum atomic E-state index is -0.537. The van der Waals surface area contributed by atoms with Crippen LogP contribution in [0.2, 0.25) is 0 Å². The van der Waals surface area contributed by atoms with Crippen molar-refractivity contribution in [1.82, 2.24) is 19.1 Å². The molecular weight excluding hydrogens is 523 g/mol. The van der Waals surface area contributed by atoms with Crippen molar-refractivity contribution in [2.24, 2.45) is 13.0 Å². The molecule has 41 heavy (non-hydrogen) atoms. The van der Waals surface area contributed by atoms with Crippen LogP contribution >= 0.6 is 0 Å². The van der Waals surface area contributed by atoms with E-state index in [0.29, 0.717) is 42.7 Å². The highest BCUT2D eigenvalue weighted by Gasteiger charge is 2.20. The minimum absolute atomic E-state index is 0.0122. The molecule has 208 valence electrons. The van der Waals surface area contributed by atoms with Gasteiger partial charge in [-0.25, -0.2) is 14.4 Å². The van der Waals surface area contributed by atoms with Gasteiger partial charge in [0, 0.05) is 62.2 Å². The zero-order valence-electron chi connectivity index (χ0n) is 22.5. The topological polar surface area (TPSA) is 117 Å². The summed E-state index contributed by atoms with van der Waals surface area (Å²) in [6.45, 7) is 1.99. The number of rotatable bonds is 6. The van der Waals surface area contributed by atoms with E-state index in [-0.39, 0.29) is 11.1 Å². The quantitative estimate of drug-likeness (QED) is 0.311. The average Bonchev–Trinajstić information content (AvgIpc) is 3.32. The molecule has 0 aliphatic carbocycles. The maximum Gasteiger partial charge on any atom is 0.261 e. The molecule has 0 bridgehead atoms. The molecule has 5 aromatic rings. The van der Waals surface area contributed by atoms with E-state index in [1.165, 1.54) is 18.5 Å². The monoisotopic (exact) mass is 552 g/mol. The first-order valence-electron chi connectivity index (χ1n) is 13.4. The van der Waals surface area contributed by atoms with Crippen LogP contribution in [0, 0.1) is 11.7 Å². The van der Waals surface area contributed by atoms with E-state index in [0.717, 1.165) is 35.0 Å². The zero-order chi connectivity index (χ0) is 28.5. The van der Waals surface area contributed by atoms with Gasteiger partial charge in [-0.1, -0.05) is 24.3 Å². The van der Waals surface area contributed by atoms with Gasteiger partial charge < -0.3 is 24.9 Å². The van der Waals surface area contributed by atoms with Gasteiger partial charge in [-0.05, 0) is 54.2 Å². The smallest absolute Gasteiger partial charge is 0.261 e. The van der Waals surface area contributed by atoms with Crippen LogP contribution < -0.4 is 16.5 Å². The Kier molecular flexibility index (Phi) is 7.07. The summed E-state index contributed by atoms with van der Waals surface area (Å²) in [5.41, 5.74) is 9.36. The number of fused-ring (bicyclic) bond motifs is 1. The molecule has 1 aliphatic rings. The number of nitrogens with zero attached hydrogens (tertiary/aromatic N) is 4. The fourth-order valence-corrected chi connectivity index (χ4v) is 5.37. The molecule has 6 rings (SSSR count). The zero-order valence-corrected chi connectivity index (χ0v) is 22.5. The second-order valence-electron chi connectivity index (χ2n) is 10.3. The van der Waals surface area contributed by atoms with Gasteiger partial charge in [0.05, 0.1) is 5.39 Å². The van der Waals surface area contributed by atoms with Gasteiger partial charge in [0.1, 0.15) is 29.2 Å². The highest BCUT2D eigenvalue weighted by molar-refractivity contribution is 6.05. The number of nitrogens with one attached hydrogen (secondary N) is 1. The first-order chi connectivity index (χ1) is 19.9. The van der Waals surface area contributed by atoms with E-state index in [9.17, 15) is 14.0 Å². The van der Waals surface area contributed by atoms with E-state index in [1.54, 1.807) is 36.7 Å². The van der Waals surface area contributed by atoms with Crippen LogP contribution in [0.1, 0.15) is 23.2 Å². The van der Waals surface area contributed by atoms with Crippen LogP contribution in [-0.4, -0.2) is 38.2 Å². The van der Waals surface area contributed by atoms with Crippen molar-refractivity contribution >= 4 is 28.4 Å². The van der Waals surface area contributed by atoms with E-state index in [2.05, 4.69) is 15.3 Å². The normalized spacial score (nSPS) is 13.9. The van der Waals surface area contributed by atoms with Gasteiger partial charge in [-0.2, -0.15) is 0 Å². The number of nitrogen functional groups attached to an aromatic ring is 1. The van der Waals surface area contributed by atoms with Gasteiger partial charge in [0.25, 0.3) is 5.91 Å². The number of anilines is 2. The molecule has 1 fully saturated rings. The molecule has 0 atom stereocenters. The molecule has 1 aliphatic heterocycles. The second-order valence-corrected chi connectivity index (χ2v) is 10.3. The lowest BCUT2D eigenvalue weighted by Gasteiger charge is -2.23. The van der Waals surface area contributed by atoms with Gasteiger partial charge in [0.2, 0.25) is 5.43 Å². The van der Waals surface area contributed by atoms with E-state index in [4.69, 9.17) is 10.5 Å². The number of aryl methyl sites for hydroxylation is 1. The van der Waals surface area contributed by atoms with Crippen LogP contribution in [-0.2, 0) is 18.3 Å². The summed E-state index contributed by atoms with van der Waals surface area (Å²) in [6.07, 6.45) is 8.44. The molecule has 2 aromatic carbocycles.